The monoisotopic (exact) mass is 589 g/mol. The van der Waals surface area contributed by atoms with Crippen LogP contribution in [-0.2, 0) is 28.4 Å². The summed E-state index contributed by atoms with van der Waals surface area (Å²) in [6.07, 6.45) is 9.41. The van der Waals surface area contributed by atoms with Crippen LogP contribution in [0.15, 0.2) is 0 Å². The van der Waals surface area contributed by atoms with Gasteiger partial charge < -0.3 is 8.20 Å². The zero-order valence-electron chi connectivity index (χ0n) is 19.9. The third-order valence-corrected chi connectivity index (χ3v) is 16.5. The van der Waals surface area contributed by atoms with Crippen LogP contribution in [0.4, 0.5) is 26.3 Å². The molecule has 0 aromatic rings. The van der Waals surface area contributed by atoms with Crippen molar-refractivity contribution in [3.05, 3.63) is 0 Å². The van der Waals surface area contributed by atoms with Crippen molar-refractivity contribution in [3.63, 3.8) is 0 Å². The van der Waals surface area contributed by atoms with Crippen LogP contribution in [0.25, 0.3) is 0 Å². The van der Waals surface area contributed by atoms with Crippen molar-refractivity contribution < 1.29 is 51.4 Å². The Hall–Kier alpha value is -0.105. The number of hydrogen-bond donors (Lipinski definition) is 0. The van der Waals surface area contributed by atoms with Gasteiger partial charge in [-0.15, -0.1) is 7.14 Å². The first kappa shape index (κ1) is 30.4. The minimum Gasteiger partial charge on any atom is -0.434 e. The van der Waals surface area contributed by atoms with Crippen LogP contribution >= 0.6 is 7.14 Å². The van der Waals surface area contributed by atoms with Crippen LogP contribution in [0.1, 0.15) is 96.3 Å². The summed E-state index contributed by atoms with van der Waals surface area (Å²) in [4.78, 5) is 0. The lowest BCUT2D eigenvalue weighted by molar-refractivity contribution is -0.0522. The van der Waals surface area contributed by atoms with Crippen LogP contribution in [-0.4, -0.2) is 51.7 Å². The standard InChI is InChI=1S/C20H33BF6O6PS2/c22-19(23,24)35(28,29)32-21(33-36(30,31)20(25,26)27)34(16-10-4-1-5-11-16,17-12-6-2-7-13-17)18-14-8-3-9-15-18/h16-18H,1-15H2. The fraction of sp³-hybridized carbons (Fsp3) is 1.00. The number of hydrogen-bond acceptors (Lipinski definition) is 6. The largest absolute Gasteiger partial charge is 0.519 e. The highest BCUT2D eigenvalue weighted by molar-refractivity contribution is 8.07. The Morgan fingerprint density at radius 2 is 0.778 bits per heavy atom. The summed E-state index contributed by atoms with van der Waals surface area (Å²) in [5.41, 5.74) is -13.2. The van der Waals surface area contributed by atoms with Crippen molar-refractivity contribution in [1.29, 1.82) is 0 Å². The summed E-state index contributed by atoms with van der Waals surface area (Å²) >= 11 is 0. The van der Waals surface area contributed by atoms with Gasteiger partial charge in [0, 0.05) is 17.0 Å². The highest BCUT2D eigenvalue weighted by atomic mass is 32.2. The summed E-state index contributed by atoms with van der Waals surface area (Å²) in [6, 6.07) is 0. The summed E-state index contributed by atoms with van der Waals surface area (Å²) in [5, 5.41) is 0. The van der Waals surface area contributed by atoms with E-state index in [4.69, 9.17) is 0 Å². The molecular weight excluding hydrogens is 556 g/mol. The molecular formula is C20H33BF6O6PS2. The van der Waals surface area contributed by atoms with Gasteiger partial charge in [-0.3, -0.25) is 0 Å². The van der Waals surface area contributed by atoms with Gasteiger partial charge in [0.1, 0.15) is 0 Å². The third-order valence-electron chi connectivity index (χ3n) is 7.97. The molecule has 0 aliphatic heterocycles. The van der Waals surface area contributed by atoms with Gasteiger partial charge in [0.05, 0.1) is 0 Å². The SMILES string of the molecule is O=S(=O)(O[B-](OS(=O)(=O)C(F)(F)F)[P+](C1CCCCC1)(C1CCCCC1)C1CCCCC1)C(F)(F)F. The number of rotatable bonds is 8. The lowest BCUT2D eigenvalue weighted by Gasteiger charge is -2.57. The Morgan fingerprint density at radius 1 is 0.528 bits per heavy atom. The molecule has 0 aromatic heterocycles. The minimum absolute atomic E-state index is 0.422. The van der Waals surface area contributed by atoms with Crippen LogP contribution in [0.5, 0.6) is 0 Å². The molecule has 0 bridgehead atoms. The smallest absolute Gasteiger partial charge is 0.434 e. The lowest BCUT2D eigenvalue weighted by Crippen LogP contribution is -2.50. The molecule has 3 aliphatic carbocycles. The number of halogens is 6. The van der Waals surface area contributed by atoms with Crippen LogP contribution in [0.2, 0.25) is 0 Å². The fourth-order valence-corrected chi connectivity index (χ4v) is 15.7. The van der Waals surface area contributed by atoms with Crippen LogP contribution in [0, 0.1) is 0 Å². The molecule has 36 heavy (non-hydrogen) atoms. The lowest BCUT2D eigenvalue weighted by atomic mass is 9.98. The average Bonchev–Trinajstić information content (AvgIpc) is 2.80. The minimum atomic E-state index is -6.44. The molecule has 0 atom stereocenters. The first-order chi connectivity index (χ1) is 16.6. The van der Waals surface area contributed by atoms with Crippen LogP contribution < -0.4 is 0 Å². The topological polar surface area (TPSA) is 86.7 Å². The van der Waals surface area contributed by atoms with E-state index in [2.05, 4.69) is 8.20 Å². The second-order valence-corrected chi connectivity index (χ2v) is 17.6. The predicted octanol–water partition coefficient (Wildman–Crippen LogP) is 6.72. The summed E-state index contributed by atoms with van der Waals surface area (Å²) in [7, 11) is -16.3. The van der Waals surface area contributed by atoms with Gasteiger partial charge in [-0.25, -0.2) is 0 Å². The fourth-order valence-electron chi connectivity index (χ4n) is 6.49. The molecule has 1 radical (unpaired) electrons. The van der Waals surface area contributed by atoms with Gasteiger partial charge in [0.15, 0.2) is 0 Å². The van der Waals surface area contributed by atoms with Crippen molar-refractivity contribution >= 4 is 34.2 Å². The molecule has 16 heteroatoms. The maximum absolute atomic E-state index is 13.4. The van der Waals surface area contributed by atoms with Crippen molar-refractivity contribution in [2.24, 2.45) is 0 Å². The molecule has 0 heterocycles. The van der Waals surface area contributed by atoms with E-state index >= 15 is 0 Å². The normalized spacial score (nSPS) is 23.3. The molecule has 3 aliphatic rings. The molecule has 0 amide bonds. The molecule has 3 rings (SSSR count). The maximum Gasteiger partial charge on any atom is 0.519 e. The van der Waals surface area contributed by atoms with Gasteiger partial charge in [0.2, 0.25) is 0 Å². The van der Waals surface area contributed by atoms with Crippen molar-refractivity contribution in [2.75, 3.05) is 0 Å². The van der Waals surface area contributed by atoms with Crippen molar-refractivity contribution in [1.82, 2.24) is 0 Å². The van der Waals surface area contributed by atoms with E-state index in [0.717, 1.165) is 19.3 Å². The first-order valence-corrected chi connectivity index (χ1v) is 17.4. The Morgan fingerprint density at radius 3 is 1.00 bits per heavy atom. The molecule has 0 saturated heterocycles. The van der Waals surface area contributed by atoms with E-state index in [1.807, 2.05) is 0 Å². The maximum atomic E-state index is 13.4. The molecule has 0 N–H and O–H groups in total. The summed E-state index contributed by atoms with van der Waals surface area (Å²) in [5.74, 6) is 0. The molecule has 0 spiro atoms. The highest BCUT2D eigenvalue weighted by Gasteiger charge is 2.62. The van der Waals surface area contributed by atoms with E-state index in [-0.39, 0.29) is 0 Å². The Kier molecular flexibility index (Phi) is 9.77. The van der Waals surface area contributed by atoms with Gasteiger partial charge in [-0.05, 0) is 77.0 Å². The average molecular weight is 589 g/mol. The molecule has 6 nitrogen and oxygen atoms in total. The highest BCUT2D eigenvalue weighted by Crippen LogP contribution is 2.79. The molecule has 3 saturated carbocycles. The second-order valence-electron chi connectivity index (χ2n) is 10.1. The van der Waals surface area contributed by atoms with E-state index in [0.29, 0.717) is 77.0 Å². The van der Waals surface area contributed by atoms with E-state index in [1.165, 1.54) is 0 Å². The Labute approximate surface area is 209 Å². The van der Waals surface area contributed by atoms with Gasteiger partial charge >= 0.3 is 38.1 Å². The number of alkyl halides is 6. The zero-order valence-corrected chi connectivity index (χ0v) is 22.4. The summed E-state index contributed by atoms with van der Waals surface area (Å²) in [6.45, 7) is -2.65. The molecule has 3 fully saturated rings. The van der Waals surface area contributed by atoms with Crippen molar-refractivity contribution in [3.8, 4) is 0 Å². The van der Waals surface area contributed by atoms with E-state index in [9.17, 15) is 43.2 Å². The van der Waals surface area contributed by atoms with E-state index in [1.54, 1.807) is 0 Å². The first-order valence-electron chi connectivity index (χ1n) is 12.5. The van der Waals surface area contributed by atoms with Gasteiger partial charge in [-0.2, -0.15) is 43.2 Å². The molecule has 211 valence electrons. The molecule has 0 unspecified atom stereocenters. The quantitative estimate of drug-likeness (QED) is 0.135. The predicted molar refractivity (Wildman–Crippen MR) is 125 cm³/mol. The third kappa shape index (κ3) is 6.37. The summed E-state index contributed by atoms with van der Waals surface area (Å²) < 4.78 is 139. The van der Waals surface area contributed by atoms with Gasteiger partial charge in [0.25, 0.3) is 0 Å². The van der Waals surface area contributed by atoms with E-state index < -0.39 is 62.2 Å². The van der Waals surface area contributed by atoms with Crippen molar-refractivity contribution in [2.45, 2.75) is 124 Å². The zero-order chi connectivity index (χ0) is 26.8. The van der Waals surface area contributed by atoms with Gasteiger partial charge in [-0.1, -0.05) is 19.3 Å². The Balaban J connectivity index is 2.25. The van der Waals surface area contributed by atoms with Crippen LogP contribution in [0.3, 0.4) is 0 Å². The second kappa shape index (κ2) is 11.6. The molecule has 0 aromatic carbocycles. The Bertz CT molecular complexity index is 849.